The Balaban J connectivity index is 1.06. The van der Waals surface area contributed by atoms with Crippen LogP contribution in [0.25, 0.3) is 0 Å². The Kier molecular flexibility index (Phi) is 32.1. The number of hydrogen-bond acceptors (Lipinski definition) is 19. The van der Waals surface area contributed by atoms with Gasteiger partial charge in [-0.1, -0.05) is 12.1 Å². The summed E-state index contributed by atoms with van der Waals surface area (Å²) < 4.78 is 54.2. The fraction of sp³-hybridized carbons (Fsp3) is 0.549. The Morgan fingerprint density at radius 3 is 1.63 bits per heavy atom. The van der Waals surface area contributed by atoms with Crippen LogP contribution in [0.2, 0.25) is 0 Å². The minimum atomic E-state index is -1.16. The van der Waals surface area contributed by atoms with Crippen LogP contribution in [0.5, 0.6) is 5.75 Å². The van der Waals surface area contributed by atoms with Crippen LogP contribution in [0.15, 0.2) is 54.6 Å². The van der Waals surface area contributed by atoms with E-state index in [1.54, 1.807) is 24.3 Å². The highest BCUT2D eigenvalue weighted by Gasteiger charge is 2.25. The predicted molar refractivity (Wildman–Crippen MR) is 276 cm³/mol. The summed E-state index contributed by atoms with van der Waals surface area (Å²) in [4.78, 5) is 111. The van der Waals surface area contributed by atoms with Gasteiger partial charge >= 0.3 is 12.1 Å². The molecule has 6 N–H and O–H groups in total. The molecule has 78 heavy (non-hydrogen) atoms. The molecule has 0 fully saturated rings. The zero-order chi connectivity index (χ0) is 56.9. The molecule has 0 bridgehead atoms. The number of carboxylic acid groups (broad SMARTS) is 1. The highest BCUT2D eigenvalue weighted by atomic mass is 16.6. The van der Waals surface area contributed by atoms with E-state index in [9.17, 15) is 48.3 Å². The zero-order valence-corrected chi connectivity index (χ0v) is 44.5. The van der Waals surface area contributed by atoms with Gasteiger partial charge in [0.2, 0.25) is 23.6 Å². The fourth-order valence-electron chi connectivity index (χ4n) is 6.35. The minimum Gasteiger partial charge on any atom is -0.495 e. The van der Waals surface area contributed by atoms with E-state index in [-0.39, 0.29) is 68.7 Å². The van der Waals surface area contributed by atoms with Gasteiger partial charge in [-0.05, 0) is 49.7 Å². The first-order valence-corrected chi connectivity index (χ1v) is 25.1. The summed E-state index contributed by atoms with van der Waals surface area (Å²) in [7, 11) is 2.71. The summed E-state index contributed by atoms with van der Waals surface area (Å²) in [6.45, 7) is 8.34. The molecule has 3 rings (SSSR count). The Morgan fingerprint density at radius 2 is 1.12 bits per heavy atom. The lowest BCUT2D eigenvalue weighted by Gasteiger charge is -2.22. The first-order valence-electron chi connectivity index (χ1n) is 25.1. The number of imide groups is 1. The molecule has 2 aromatic rings. The molecule has 8 amide bonds. The van der Waals surface area contributed by atoms with Gasteiger partial charge in [-0.25, -0.2) is 9.59 Å². The van der Waals surface area contributed by atoms with Gasteiger partial charge in [-0.3, -0.25) is 43.8 Å². The number of carboxylic acids is 1. The van der Waals surface area contributed by atoms with Crippen LogP contribution in [0.4, 0.5) is 16.2 Å². The molecule has 2 aromatic carbocycles. The molecule has 432 valence electrons. The summed E-state index contributed by atoms with van der Waals surface area (Å²) in [5, 5.41) is 22.1. The third kappa shape index (κ3) is 27.3. The van der Waals surface area contributed by atoms with Gasteiger partial charge in [0.15, 0.2) is 0 Å². The maximum Gasteiger partial charge on any atom is 0.412 e. The zero-order valence-electron chi connectivity index (χ0n) is 44.5. The normalized spacial score (nSPS) is 12.6. The second-order valence-electron chi connectivity index (χ2n) is 16.7. The summed E-state index contributed by atoms with van der Waals surface area (Å²) in [6, 6.07) is 8.64. The molecule has 0 aromatic heterocycles. The Morgan fingerprint density at radius 1 is 0.615 bits per heavy atom. The van der Waals surface area contributed by atoms with Crippen molar-refractivity contribution in [3.63, 3.8) is 0 Å². The topological polar surface area (TPSA) is 333 Å². The monoisotopic (exact) mass is 1100 g/mol. The van der Waals surface area contributed by atoms with Crippen molar-refractivity contribution in [1.29, 1.82) is 0 Å². The van der Waals surface area contributed by atoms with E-state index < -0.39 is 59.6 Å². The molecule has 27 heteroatoms. The number of benzene rings is 2. The van der Waals surface area contributed by atoms with Crippen molar-refractivity contribution in [1.82, 2.24) is 25.8 Å². The smallest absolute Gasteiger partial charge is 0.412 e. The maximum atomic E-state index is 12.7. The molecule has 0 aliphatic carbocycles. The van der Waals surface area contributed by atoms with Crippen molar-refractivity contribution in [2.45, 2.75) is 45.4 Å². The van der Waals surface area contributed by atoms with Gasteiger partial charge in [-0.15, -0.1) is 0 Å². The number of amides is 8. The number of hydrogen-bond donors (Lipinski definition) is 6. The number of ether oxygens (including phenoxy) is 10. The molecule has 2 atom stereocenters. The fourth-order valence-corrected chi connectivity index (χ4v) is 6.35. The van der Waals surface area contributed by atoms with Crippen molar-refractivity contribution in [3.8, 4) is 5.75 Å². The van der Waals surface area contributed by atoms with E-state index in [0.29, 0.717) is 110 Å². The number of rotatable bonds is 42. The summed E-state index contributed by atoms with van der Waals surface area (Å²) >= 11 is 0. The van der Waals surface area contributed by atoms with Crippen LogP contribution in [-0.4, -0.2) is 220 Å². The number of methoxy groups -OCH3 is 1. The van der Waals surface area contributed by atoms with E-state index in [1.807, 2.05) is 0 Å². The van der Waals surface area contributed by atoms with Gasteiger partial charge in [0.25, 0.3) is 17.7 Å². The quantitative estimate of drug-likeness (QED) is 0.0389. The number of anilines is 2. The van der Waals surface area contributed by atoms with Crippen molar-refractivity contribution >= 4 is 64.8 Å². The summed E-state index contributed by atoms with van der Waals surface area (Å²) in [5.74, 6) is -4.16. The largest absolute Gasteiger partial charge is 0.495 e. The first-order chi connectivity index (χ1) is 37.6. The van der Waals surface area contributed by atoms with Crippen molar-refractivity contribution in [2.75, 3.05) is 150 Å². The molecule has 1 heterocycles. The SMILES string of the molecule is COc1cc(C(=O)N(C)[C@@H](C)C(=O)O)ccc1NC(=O)OCc1ccc(NC(=O)C(C)NC(=O)CNC(=O)CCOCCOCCOCCOCCOCCOCCOCCOCCNC(=O)CCN2C(=O)C=CC2=O)cc1. The van der Waals surface area contributed by atoms with Crippen LogP contribution in [0, 0.1) is 0 Å². The molecule has 1 unspecified atom stereocenters. The Labute approximate surface area is 452 Å². The average molecular weight is 1100 g/mol. The first kappa shape index (κ1) is 65.2. The highest BCUT2D eigenvalue weighted by molar-refractivity contribution is 6.13. The molecule has 0 spiro atoms. The van der Waals surface area contributed by atoms with E-state index >= 15 is 0 Å². The molecule has 1 aliphatic heterocycles. The van der Waals surface area contributed by atoms with Crippen molar-refractivity contribution < 1.29 is 95.6 Å². The predicted octanol–water partition coefficient (Wildman–Crippen LogP) is 0.503. The molecule has 1 aliphatic rings. The lowest BCUT2D eigenvalue weighted by molar-refractivity contribution is -0.141. The number of nitrogens with zero attached hydrogens (tertiary/aromatic N) is 2. The van der Waals surface area contributed by atoms with E-state index in [1.165, 1.54) is 58.4 Å². The van der Waals surface area contributed by atoms with Crippen LogP contribution in [0.1, 0.15) is 42.6 Å². The van der Waals surface area contributed by atoms with Crippen LogP contribution in [0.3, 0.4) is 0 Å². The number of nitrogens with one attached hydrogen (secondary N) is 5. The van der Waals surface area contributed by atoms with Crippen molar-refractivity contribution in [2.24, 2.45) is 0 Å². The Bertz CT molecular complexity index is 2230. The van der Waals surface area contributed by atoms with Crippen LogP contribution in [-0.2, 0) is 82.8 Å². The second-order valence-corrected chi connectivity index (χ2v) is 16.7. The lowest BCUT2D eigenvalue weighted by atomic mass is 10.1. The number of carbonyl (C=O) groups is 9. The molecule has 0 saturated heterocycles. The molecular weight excluding hydrogens is 1030 g/mol. The van der Waals surface area contributed by atoms with Gasteiger partial charge in [-0.2, -0.15) is 0 Å². The van der Waals surface area contributed by atoms with Gasteiger partial charge in [0, 0.05) is 56.4 Å². The average Bonchev–Trinajstić information content (AvgIpc) is 3.76. The van der Waals surface area contributed by atoms with Gasteiger partial charge in [0.1, 0.15) is 24.4 Å². The highest BCUT2D eigenvalue weighted by Crippen LogP contribution is 2.27. The number of likely N-dealkylation sites (N-methyl/N-ethyl adjacent to an activating group) is 1. The number of carbonyl (C=O) groups excluding carboxylic acids is 8. The van der Waals surface area contributed by atoms with Gasteiger partial charge < -0.3 is 78.6 Å². The standard InChI is InChI=1S/C51H73N7O20/c1-36(48(64)55-40-8-5-38(6-9-40)35-78-51(68)56-41-10-7-39(33-42(41)69-4)49(65)57(3)37(2)50(66)67)54-45(61)34-53-44(60)14-17-70-19-21-72-23-25-74-27-29-76-31-32-77-30-28-75-26-24-73-22-20-71-18-15-52-43(59)13-16-58-46(62)11-12-47(58)63/h5-12,33,36-37H,13-32,34-35H2,1-4H3,(H,52,59)(H,53,60)(H,54,61)(H,55,64)(H,56,68)(H,66,67)/t36?,37-/m0/s1. The minimum absolute atomic E-state index is 0.0128. The van der Waals surface area contributed by atoms with Gasteiger partial charge in [0.05, 0.1) is 125 Å². The van der Waals surface area contributed by atoms with Crippen LogP contribution < -0.4 is 31.3 Å². The molecule has 0 radical (unpaired) electrons. The molecule has 27 nitrogen and oxygen atoms in total. The number of aliphatic carboxylic acids is 1. The third-order valence-corrected chi connectivity index (χ3v) is 10.9. The summed E-state index contributed by atoms with van der Waals surface area (Å²) in [5.41, 5.74) is 1.38. The molecule has 0 saturated carbocycles. The maximum absolute atomic E-state index is 12.7. The lowest BCUT2D eigenvalue weighted by Crippen LogP contribution is -2.46. The third-order valence-electron chi connectivity index (χ3n) is 10.9. The van der Waals surface area contributed by atoms with E-state index in [4.69, 9.17) is 47.4 Å². The van der Waals surface area contributed by atoms with E-state index in [0.717, 1.165) is 9.80 Å². The summed E-state index contributed by atoms with van der Waals surface area (Å²) in [6.07, 6.45) is 1.58. The van der Waals surface area contributed by atoms with E-state index in [2.05, 4.69) is 26.6 Å². The molecular formula is C51H73N7O20. The van der Waals surface area contributed by atoms with Crippen LogP contribution >= 0.6 is 0 Å². The Hall–Kier alpha value is -7.11. The van der Waals surface area contributed by atoms with Crippen molar-refractivity contribution in [3.05, 3.63) is 65.7 Å². The second kappa shape index (κ2) is 38.4.